The molecule has 0 aliphatic heterocycles. The Kier molecular flexibility index (Phi) is 5.14. The predicted molar refractivity (Wildman–Crippen MR) is 100 cm³/mol. The lowest BCUT2D eigenvalue weighted by atomic mass is 9.99. The van der Waals surface area contributed by atoms with Gasteiger partial charge in [-0.2, -0.15) is 4.37 Å². The summed E-state index contributed by atoms with van der Waals surface area (Å²) in [6.07, 6.45) is 0.247. The van der Waals surface area contributed by atoms with Gasteiger partial charge >= 0.3 is 11.9 Å². The lowest BCUT2D eigenvalue weighted by Crippen LogP contribution is -2.04. The Balaban J connectivity index is 1.84. The van der Waals surface area contributed by atoms with Crippen LogP contribution in [-0.2, 0) is 16.0 Å². The summed E-state index contributed by atoms with van der Waals surface area (Å²) in [5.41, 5.74) is 4.44. The van der Waals surface area contributed by atoms with E-state index in [2.05, 4.69) is 9.11 Å². The summed E-state index contributed by atoms with van der Waals surface area (Å²) in [6, 6.07) is 15.3. The smallest absolute Gasteiger partial charge is 0.339 e. The topological polar surface area (TPSA) is 76.5 Å². The number of aromatic carboxylic acids is 1. The Bertz CT molecular complexity index is 943. The molecule has 0 fully saturated rings. The fourth-order valence-electron chi connectivity index (χ4n) is 2.70. The zero-order valence-electron chi connectivity index (χ0n) is 14.4. The Morgan fingerprint density at radius 1 is 1.00 bits per heavy atom. The van der Waals surface area contributed by atoms with Gasteiger partial charge in [-0.05, 0) is 35.1 Å². The van der Waals surface area contributed by atoms with Crippen LogP contribution in [-0.4, -0.2) is 28.5 Å². The fraction of sp³-hybridized carbons (Fsp3) is 0.150. The summed E-state index contributed by atoms with van der Waals surface area (Å²) >= 11 is 1.19. The monoisotopic (exact) mass is 367 g/mol. The number of ether oxygens (including phenoxy) is 1. The van der Waals surface area contributed by atoms with Gasteiger partial charge in [0.05, 0.1) is 19.2 Å². The third-order valence-corrected chi connectivity index (χ3v) is 4.85. The predicted octanol–water partition coefficient (Wildman–Crippen LogP) is 4.20. The van der Waals surface area contributed by atoms with Crippen molar-refractivity contribution < 1.29 is 19.4 Å². The highest BCUT2D eigenvalue weighted by Crippen LogP contribution is 2.30. The average molecular weight is 367 g/mol. The fourth-order valence-corrected chi connectivity index (χ4v) is 3.40. The Labute approximate surface area is 155 Å². The number of nitrogens with zero attached hydrogens (tertiary/aromatic N) is 1. The van der Waals surface area contributed by atoms with E-state index in [0.717, 1.165) is 22.3 Å². The molecular weight excluding hydrogens is 350 g/mol. The maximum atomic E-state index is 11.4. The van der Waals surface area contributed by atoms with Gasteiger partial charge in [0.25, 0.3) is 0 Å². The number of hydrogen-bond acceptors (Lipinski definition) is 5. The zero-order chi connectivity index (χ0) is 18.7. The number of carbonyl (C=O) groups is 2. The number of carboxylic acids is 1. The molecule has 0 unspecified atom stereocenters. The van der Waals surface area contributed by atoms with Crippen LogP contribution in [0, 0.1) is 6.92 Å². The van der Waals surface area contributed by atoms with Crippen molar-refractivity contribution in [3.05, 3.63) is 64.5 Å². The molecule has 3 rings (SSSR count). The number of carboxylic acid groups (broad SMARTS) is 1. The highest BCUT2D eigenvalue weighted by Gasteiger charge is 2.18. The zero-order valence-corrected chi connectivity index (χ0v) is 15.2. The van der Waals surface area contributed by atoms with Crippen LogP contribution in [0.4, 0.5) is 0 Å². The highest BCUT2D eigenvalue weighted by molar-refractivity contribution is 7.06. The van der Waals surface area contributed by atoms with Gasteiger partial charge in [-0.1, -0.05) is 48.5 Å². The molecule has 0 atom stereocenters. The third kappa shape index (κ3) is 3.65. The van der Waals surface area contributed by atoms with E-state index in [1.54, 1.807) is 6.92 Å². The summed E-state index contributed by atoms with van der Waals surface area (Å²) < 4.78 is 8.94. The molecule has 0 spiro atoms. The van der Waals surface area contributed by atoms with E-state index in [-0.39, 0.29) is 18.0 Å². The highest BCUT2D eigenvalue weighted by atomic mass is 32.1. The number of methoxy groups -OCH3 is 1. The van der Waals surface area contributed by atoms with E-state index in [0.29, 0.717) is 10.6 Å². The Hall–Kier alpha value is -2.99. The summed E-state index contributed by atoms with van der Waals surface area (Å²) in [5, 5.41) is 9.37. The molecule has 3 aromatic rings. The van der Waals surface area contributed by atoms with Crippen LogP contribution < -0.4 is 0 Å². The quantitative estimate of drug-likeness (QED) is 0.684. The number of esters is 1. The van der Waals surface area contributed by atoms with Crippen molar-refractivity contribution in [3.63, 3.8) is 0 Å². The number of rotatable bonds is 5. The van der Waals surface area contributed by atoms with Crippen LogP contribution in [0.5, 0.6) is 0 Å². The number of carbonyl (C=O) groups excluding carboxylic acids is 1. The average Bonchev–Trinajstić information content (AvgIpc) is 3.04. The van der Waals surface area contributed by atoms with Crippen LogP contribution in [0.2, 0.25) is 0 Å². The van der Waals surface area contributed by atoms with E-state index < -0.39 is 5.97 Å². The van der Waals surface area contributed by atoms with Gasteiger partial charge in [0, 0.05) is 10.4 Å². The van der Waals surface area contributed by atoms with Crippen LogP contribution in [0.15, 0.2) is 48.5 Å². The molecule has 0 saturated carbocycles. The van der Waals surface area contributed by atoms with Crippen LogP contribution >= 0.6 is 11.5 Å². The summed E-state index contributed by atoms with van der Waals surface area (Å²) in [5.74, 6) is -1.23. The summed E-state index contributed by atoms with van der Waals surface area (Å²) in [6.45, 7) is 1.76. The first-order chi connectivity index (χ1) is 12.5. The molecule has 0 amide bonds. The number of benzene rings is 2. The molecular formula is C20H17NO4S. The normalized spacial score (nSPS) is 10.5. The Morgan fingerprint density at radius 3 is 2.08 bits per heavy atom. The second kappa shape index (κ2) is 7.49. The van der Waals surface area contributed by atoms with Gasteiger partial charge in [0.2, 0.25) is 0 Å². The molecule has 1 aromatic heterocycles. The van der Waals surface area contributed by atoms with Gasteiger partial charge in [-0.25, -0.2) is 4.79 Å². The van der Waals surface area contributed by atoms with Gasteiger partial charge < -0.3 is 9.84 Å². The largest absolute Gasteiger partial charge is 0.478 e. The molecule has 6 heteroatoms. The minimum atomic E-state index is -0.962. The van der Waals surface area contributed by atoms with E-state index in [1.165, 1.54) is 18.6 Å². The minimum absolute atomic E-state index is 0.247. The van der Waals surface area contributed by atoms with E-state index in [1.807, 2.05) is 48.5 Å². The minimum Gasteiger partial charge on any atom is -0.478 e. The van der Waals surface area contributed by atoms with E-state index in [9.17, 15) is 14.7 Å². The maximum absolute atomic E-state index is 11.4. The molecule has 26 heavy (non-hydrogen) atoms. The number of aromatic nitrogens is 1. The molecule has 0 bridgehead atoms. The van der Waals surface area contributed by atoms with E-state index >= 15 is 0 Å². The SMILES string of the molecule is COC(=O)Cc1ccc(-c2ccc(-c3nsc(C)c3C(=O)O)cc2)cc1. The molecule has 0 saturated heterocycles. The molecule has 132 valence electrons. The van der Waals surface area contributed by atoms with Crippen LogP contribution in [0.3, 0.4) is 0 Å². The standard InChI is InChI=1S/C20H17NO4S/c1-12-18(20(23)24)19(21-26-12)16-9-7-15(8-10-16)14-5-3-13(4-6-14)11-17(22)25-2/h3-10H,11H2,1-2H3,(H,23,24). The summed E-state index contributed by atoms with van der Waals surface area (Å²) in [4.78, 5) is 23.4. The lowest BCUT2D eigenvalue weighted by Gasteiger charge is -2.06. The third-order valence-electron chi connectivity index (χ3n) is 4.10. The first-order valence-electron chi connectivity index (χ1n) is 7.95. The maximum Gasteiger partial charge on any atom is 0.339 e. The Morgan fingerprint density at radius 2 is 1.54 bits per heavy atom. The second-order valence-electron chi connectivity index (χ2n) is 5.79. The van der Waals surface area contributed by atoms with Gasteiger partial charge in [-0.3, -0.25) is 4.79 Å². The van der Waals surface area contributed by atoms with Crippen molar-refractivity contribution in [1.29, 1.82) is 0 Å². The van der Waals surface area contributed by atoms with Crippen LogP contribution in [0.1, 0.15) is 20.8 Å². The van der Waals surface area contributed by atoms with Crippen molar-refractivity contribution in [3.8, 4) is 22.4 Å². The number of aryl methyl sites for hydroxylation is 1. The second-order valence-corrected chi connectivity index (χ2v) is 6.77. The lowest BCUT2D eigenvalue weighted by molar-refractivity contribution is -0.139. The molecule has 2 aromatic carbocycles. The first-order valence-corrected chi connectivity index (χ1v) is 8.73. The van der Waals surface area contributed by atoms with Crippen LogP contribution in [0.25, 0.3) is 22.4 Å². The number of hydrogen-bond donors (Lipinski definition) is 1. The first kappa shape index (κ1) is 17.8. The van der Waals surface area contributed by atoms with Gasteiger partial charge in [0.1, 0.15) is 5.56 Å². The van der Waals surface area contributed by atoms with E-state index in [4.69, 9.17) is 0 Å². The van der Waals surface area contributed by atoms with Crippen molar-refractivity contribution >= 4 is 23.5 Å². The van der Waals surface area contributed by atoms with Gasteiger partial charge in [-0.15, -0.1) is 0 Å². The van der Waals surface area contributed by atoms with Crippen molar-refractivity contribution in [2.75, 3.05) is 7.11 Å². The van der Waals surface area contributed by atoms with Crippen molar-refractivity contribution in [2.24, 2.45) is 0 Å². The molecule has 5 nitrogen and oxygen atoms in total. The molecule has 1 heterocycles. The molecule has 0 aliphatic rings. The molecule has 0 aliphatic carbocycles. The molecule has 1 N–H and O–H groups in total. The van der Waals surface area contributed by atoms with Gasteiger partial charge in [0.15, 0.2) is 0 Å². The summed E-state index contributed by atoms with van der Waals surface area (Å²) in [7, 11) is 1.37. The molecule has 0 radical (unpaired) electrons. The van der Waals surface area contributed by atoms with Crippen molar-refractivity contribution in [2.45, 2.75) is 13.3 Å². The van der Waals surface area contributed by atoms with Crippen molar-refractivity contribution in [1.82, 2.24) is 4.37 Å².